The molecule has 1 aliphatic carbocycles. The summed E-state index contributed by atoms with van der Waals surface area (Å²) in [6.07, 6.45) is 5.51. The molecule has 0 radical (unpaired) electrons. The highest BCUT2D eigenvalue weighted by Crippen LogP contribution is 2.25. The maximum Gasteiger partial charge on any atom is 0.277 e. The Balaban J connectivity index is 1.96. The Morgan fingerprint density at radius 3 is 2.35 bits per heavy atom. The van der Waals surface area contributed by atoms with Gasteiger partial charge in [-0.25, -0.2) is 4.99 Å². The number of nitrogen functional groups attached to an aromatic ring is 1. The molecular formula is C19H17N3O. The van der Waals surface area contributed by atoms with Gasteiger partial charge in [0.2, 0.25) is 0 Å². The van der Waals surface area contributed by atoms with Crippen molar-refractivity contribution >= 4 is 17.3 Å². The third-order valence-corrected chi connectivity index (χ3v) is 3.66. The molecular weight excluding hydrogens is 286 g/mol. The molecule has 2 aromatic carbocycles. The first kappa shape index (κ1) is 14.8. The Hall–Kier alpha value is -3.14. The van der Waals surface area contributed by atoms with E-state index in [-0.39, 0.29) is 11.8 Å². The van der Waals surface area contributed by atoms with E-state index in [9.17, 15) is 4.79 Å². The normalized spacial score (nSPS) is 18.7. The predicted molar refractivity (Wildman–Crippen MR) is 93.2 cm³/mol. The summed E-state index contributed by atoms with van der Waals surface area (Å²) in [5, 5.41) is 0. The van der Waals surface area contributed by atoms with Crippen LogP contribution in [0.25, 0.3) is 0 Å². The summed E-state index contributed by atoms with van der Waals surface area (Å²) in [7, 11) is 0. The lowest BCUT2D eigenvalue weighted by Crippen LogP contribution is -2.16. The van der Waals surface area contributed by atoms with Gasteiger partial charge >= 0.3 is 0 Å². The van der Waals surface area contributed by atoms with E-state index in [1.807, 2.05) is 54.6 Å². The van der Waals surface area contributed by atoms with Crippen LogP contribution in [0.15, 0.2) is 83.5 Å². The highest BCUT2D eigenvalue weighted by atomic mass is 16.1. The number of nitrogens with zero attached hydrogens (tertiary/aromatic N) is 1. The van der Waals surface area contributed by atoms with Crippen LogP contribution in [-0.4, -0.2) is 11.6 Å². The summed E-state index contributed by atoms with van der Waals surface area (Å²) in [6, 6.07) is 16.5. The van der Waals surface area contributed by atoms with Crippen molar-refractivity contribution in [3.05, 3.63) is 89.6 Å². The van der Waals surface area contributed by atoms with E-state index in [0.29, 0.717) is 22.7 Å². The summed E-state index contributed by atoms with van der Waals surface area (Å²) >= 11 is 0. The number of allylic oxidation sites excluding steroid dienone is 3. The first-order valence-electron chi connectivity index (χ1n) is 7.32. The number of nitrogens with two attached hydrogens (primary N) is 2. The maximum atomic E-state index is 12.3. The molecule has 0 aliphatic heterocycles. The smallest absolute Gasteiger partial charge is 0.277 e. The van der Waals surface area contributed by atoms with Crippen molar-refractivity contribution in [2.45, 2.75) is 5.92 Å². The van der Waals surface area contributed by atoms with E-state index in [0.717, 1.165) is 5.56 Å². The fourth-order valence-corrected chi connectivity index (χ4v) is 2.46. The van der Waals surface area contributed by atoms with Crippen molar-refractivity contribution in [1.82, 2.24) is 0 Å². The number of carbonyl (C=O) groups excluding carboxylic acids is 1. The van der Waals surface area contributed by atoms with Crippen LogP contribution in [0.5, 0.6) is 0 Å². The van der Waals surface area contributed by atoms with E-state index in [2.05, 4.69) is 4.99 Å². The molecule has 23 heavy (non-hydrogen) atoms. The van der Waals surface area contributed by atoms with Gasteiger partial charge in [-0.15, -0.1) is 0 Å². The number of amides is 1. The zero-order chi connectivity index (χ0) is 16.2. The fraction of sp³-hybridized carbons (Fsp3) is 0.0526. The van der Waals surface area contributed by atoms with Crippen LogP contribution in [0.2, 0.25) is 0 Å². The second kappa shape index (κ2) is 6.32. The number of rotatable bonds is 2. The van der Waals surface area contributed by atoms with Gasteiger partial charge in [-0.3, -0.25) is 4.79 Å². The van der Waals surface area contributed by atoms with E-state index < -0.39 is 0 Å². The van der Waals surface area contributed by atoms with E-state index in [4.69, 9.17) is 11.5 Å². The zero-order valence-corrected chi connectivity index (χ0v) is 12.5. The van der Waals surface area contributed by atoms with Gasteiger partial charge in [0.25, 0.3) is 5.91 Å². The van der Waals surface area contributed by atoms with Crippen molar-refractivity contribution in [3.8, 4) is 0 Å². The Bertz CT molecular complexity index is 802. The van der Waals surface area contributed by atoms with Crippen LogP contribution in [0.4, 0.5) is 5.69 Å². The summed E-state index contributed by atoms with van der Waals surface area (Å²) in [6.45, 7) is 0. The zero-order valence-electron chi connectivity index (χ0n) is 12.5. The van der Waals surface area contributed by atoms with Crippen molar-refractivity contribution in [3.63, 3.8) is 0 Å². The van der Waals surface area contributed by atoms with E-state index >= 15 is 0 Å². The Morgan fingerprint density at radius 2 is 1.65 bits per heavy atom. The van der Waals surface area contributed by atoms with Crippen molar-refractivity contribution < 1.29 is 4.79 Å². The van der Waals surface area contributed by atoms with Crippen LogP contribution in [0.3, 0.4) is 0 Å². The molecule has 0 saturated heterocycles. The van der Waals surface area contributed by atoms with Crippen molar-refractivity contribution in [1.29, 1.82) is 0 Å². The first-order chi connectivity index (χ1) is 11.1. The third kappa shape index (κ3) is 3.37. The Labute approximate surface area is 134 Å². The van der Waals surface area contributed by atoms with Crippen LogP contribution in [-0.2, 0) is 0 Å². The number of aliphatic imine (C=N–C) groups is 1. The molecule has 0 aromatic heterocycles. The molecule has 0 fully saturated rings. The average Bonchev–Trinajstić information content (AvgIpc) is 2.57. The lowest BCUT2D eigenvalue weighted by Gasteiger charge is -2.18. The summed E-state index contributed by atoms with van der Waals surface area (Å²) in [5.41, 5.74) is 15.1. The highest BCUT2D eigenvalue weighted by molar-refractivity contribution is 6.12. The van der Waals surface area contributed by atoms with Crippen LogP contribution < -0.4 is 11.5 Å². The van der Waals surface area contributed by atoms with Gasteiger partial charge in [0, 0.05) is 22.9 Å². The number of hydrogen-bond donors (Lipinski definition) is 2. The monoisotopic (exact) mass is 303 g/mol. The van der Waals surface area contributed by atoms with Crippen LogP contribution in [0.1, 0.15) is 21.8 Å². The van der Waals surface area contributed by atoms with Crippen molar-refractivity contribution in [2.75, 3.05) is 5.73 Å². The number of anilines is 1. The molecule has 114 valence electrons. The molecule has 0 spiro atoms. The van der Waals surface area contributed by atoms with E-state index in [1.165, 1.54) is 0 Å². The van der Waals surface area contributed by atoms with Gasteiger partial charge in [-0.2, -0.15) is 0 Å². The van der Waals surface area contributed by atoms with Gasteiger partial charge in [-0.05, 0) is 42.0 Å². The van der Waals surface area contributed by atoms with Gasteiger partial charge < -0.3 is 11.5 Å². The maximum absolute atomic E-state index is 12.3. The largest absolute Gasteiger partial charge is 0.399 e. The van der Waals surface area contributed by atoms with E-state index in [1.54, 1.807) is 18.2 Å². The molecule has 1 unspecified atom stereocenters. The average molecular weight is 303 g/mol. The molecule has 0 heterocycles. The number of carbonyl (C=O) groups is 1. The molecule has 4 nitrogen and oxygen atoms in total. The Morgan fingerprint density at radius 1 is 0.957 bits per heavy atom. The fourth-order valence-electron chi connectivity index (χ4n) is 2.46. The SMILES string of the molecule is NC1=C/C(=N/C(=O)c2ccccc2)C(c2ccc(N)cc2)C=C1. The highest BCUT2D eigenvalue weighted by Gasteiger charge is 2.19. The molecule has 0 saturated carbocycles. The van der Waals surface area contributed by atoms with Gasteiger partial charge in [-0.1, -0.05) is 36.4 Å². The number of benzene rings is 2. The molecule has 4 N–H and O–H groups in total. The Kier molecular flexibility index (Phi) is 4.06. The minimum absolute atomic E-state index is 0.115. The topological polar surface area (TPSA) is 81.5 Å². The summed E-state index contributed by atoms with van der Waals surface area (Å²) in [5.74, 6) is -0.393. The molecule has 1 amide bonds. The molecule has 1 atom stereocenters. The third-order valence-electron chi connectivity index (χ3n) is 3.66. The summed E-state index contributed by atoms with van der Waals surface area (Å²) < 4.78 is 0. The van der Waals surface area contributed by atoms with Gasteiger partial charge in [0.05, 0.1) is 5.71 Å². The minimum atomic E-state index is -0.277. The summed E-state index contributed by atoms with van der Waals surface area (Å²) in [4.78, 5) is 16.6. The second-order valence-corrected chi connectivity index (χ2v) is 5.36. The molecule has 3 rings (SSSR count). The lowest BCUT2D eigenvalue weighted by atomic mass is 9.89. The van der Waals surface area contributed by atoms with Crippen LogP contribution in [0, 0.1) is 0 Å². The van der Waals surface area contributed by atoms with Crippen LogP contribution >= 0.6 is 0 Å². The predicted octanol–water partition coefficient (Wildman–Crippen LogP) is 3.05. The molecule has 1 aliphatic rings. The minimum Gasteiger partial charge on any atom is -0.399 e. The molecule has 4 heteroatoms. The second-order valence-electron chi connectivity index (χ2n) is 5.36. The standard InChI is InChI=1S/C19H17N3O/c20-15-8-6-13(7-9-15)17-11-10-16(21)12-18(17)22-19(23)14-4-2-1-3-5-14/h1-12,17H,20-21H2/b22-18-. The lowest BCUT2D eigenvalue weighted by molar-refractivity contribution is 0.100. The molecule has 2 aromatic rings. The molecule has 0 bridgehead atoms. The van der Waals surface area contributed by atoms with Gasteiger partial charge in [0.15, 0.2) is 0 Å². The quantitative estimate of drug-likeness (QED) is 0.837. The first-order valence-corrected chi connectivity index (χ1v) is 7.32. The van der Waals surface area contributed by atoms with Crippen molar-refractivity contribution in [2.24, 2.45) is 10.7 Å². The number of hydrogen-bond acceptors (Lipinski definition) is 3. The van der Waals surface area contributed by atoms with Gasteiger partial charge in [0.1, 0.15) is 0 Å².